The van der Waals surface area contributed by atoms with Gasteiger partial charge in [0.1, 0.15) is 17.9 Å². The summed E-state index contributed by atoms with van der Waals surface area (Å²) in [5.74, 6) is -0.431. The number of nitrogens with one attached hydrogen (secondary N) is 2. The molecule has 1 aliphatic heterocycles. The zero-order valence-corrected chi connectivity index (χ0v) is 16.9. The number of rotatable bonds is 8. The van der Waals surface area contributed by atoms with Gasteiger partial charge in [-0.3, -0.25) is 0 Å². The number of benzene rings is 1. The molecule has 1 aromatic carbocycles. The summed E-state index contributed by atoms with van der Waals surface area (Å²) in [7, 11) is 4.29. The Labute approximate surface area is 168 Å². The summed E-state index contributed by atoms with van der Waals surface area (Å²) in [4.78, 5) is 36.6. The second kappa shape index (κ2) is 9.67. The normalized spacial score (nSPS) is 15.8. The molecule has 1 aliphatic rings. The number of methoxy groups -OCH3 is 3. The molecule has 0 saturated heterocycles. The van der Waals surface area contributed by atoms with Crippen LogP contribution >= 0.6 is 0 Å². The predicted molar refractivity (Wildman–Crippen MR) is 101 cm³/mol. The number of urea groups is 1. The minimum atomic E-state index is -0.737. The average Bonchev–Trinajstić information content (AvgIpc) is 2.70. The van der Waals surface area contributed by atoms with Gasteiger partial charge in [0.2, 0.25) is 0 Å². The van der Waals surface area contributed by atoms with Gasteiger partial charge in [-0.1, -0.05) is 0 Å². The predicted octanol–water partition coefficient (Wildman–Crippen LogP) is 1.39. The Morgan fingerprint density at radius 3 is 2.17 bits per heavy atom. The third-order valence-corrected chi connectivity index (χ3v) is 4.14. The van der Waals surface area contributed by atoms with E-state index < -0.39 is 24.0 Å². The Kier molecular flexibility index (Phi) is 7.29. The fourth-order valence-corrected chi connectivity index (χ4v) is 2.80. The van der Waals surface area contributed by atoms with Crippen LogP contribution in [0.5, 0.6) is 17.2 Å². The molecule has 0 aliphatic carbocycles. The van der Waals surface area contributed by atoms with Crippen LogP contribution in [0.3, 0.4) is 0 Å². The van der Waals surface area contributed by atoms with Crippen molar-refractivity contribution in [3.8, 4) is 17.2 Å². The minimum Gasteiger partial charge on any atom is -0.496 e. The first-order valence-electron chi connectivity index (χ1n) is 8.81. The molecule has 1 heterocycles. The van der Waals surface area contributed by atoms with E-state index in [1.165, 1.54) is 33.5 Å². The molecule has 29 heavy (non-hydrogen) atoms. The molecule has 1 atom stereocenters. The van der Waals surface area contributed by atoms with Crippen LogP contribution in [0.15, 0.2) is 23.4 Å². The highest BCUT2D eigenvalue weighted by atomic mass is 16.5. The first kappa shape index (κ1) is 21.9. The first-order valence-corrected chi connectivity index (χ1v) is 8.81. The Balaban J connectivity index is 2.29. The van der Waals surface area contributed by atoms with Crippen LogP contribution in [0.4, 0.5) is 4.79 Å². The summed E-state index contributed by atoms with van der Waals surface area (Å²) in [5.41, 5.74) is 0.419. The van der Waals surface area contributed by atoms with Crippen LogP contribution in [0.25, 0.3) is 0 Å². The fourth-order valence-electron chi connectivity index (χ4n) is 2.80. The molecule has 2 amide bonds. The molecule has 158 valence electrons. The topological polar surface area (TPSA) is 121 Å². The number of ether oxygens (including phenoxy) is 5. The molecular formula is C19H24N2O8. The molecule has 0 radical (unpaired) electrons. The number of amides is 2. The minimum absolute atomic E-state index is 0.0942. The highest BCUT2D eigenvalue weighted by molar-refractivity contribution is 5.96. The highest BCUT2D eigenvalue weighted by Crippen LogP contribution is 2.35. The Bertz CT molecular complexity index is 834. The molecule has 10 nitrogen and oxygen atoms in total. The lowest BCUT2D eigenvalue weighted by Crippen LogP contribution is -2.50. The molecular weight excluding hydrogens is 384 g/mol. The molecule has 1 aromatic rings. The van der Waals surface area contributed by atoms with Crippen molar-refractivity contribution >= 4 is 18.0 Å². The number of esters is 2. The largest absolute Gasteiger partial charge is 0.496 e. The number of carbonyl (C=O) groups is 3. The van der Waals surface area contributed by atoms with Crippen LogP contribution in [-0.4, -0.2) is 58.6 Å². The maximum absolute atomic E-state index is 12.6. The van der Waals surface area contributed by atoms with Gasteiger partial charge in [0.05, 0.1) is 45.2 Å². The molecule has 10 heteroatoms. The van der Waals surface area contributed by atoms with E-state index >= 15 is 0 Å². The van der Waals surface area contributed by atoms with E-state index in [4.69, 9.17) is 23.7 Å². The summed E-state index contributed by atoms with van der Waals surface area (Å²) in [5, 5.41) is 5.05. The van der Waals surface area contributed by atoms with Gasteiger partial charge in [-0.25, -0.2) is 14.4 Å². The van der Waals surface area contributed by atoms with Crippen molar-refractivity contribution in [2.45, 2.75) is 19.9 Å². The summed E-state index contributed by atoms with van der Waals surface area (Å²) in [6.07, 6.45) is 0. The maximum atomic E-state index is 12.6. The molecule has 0 bridgehead atoms. The van der Waals surface area contributed by atoms with Gasteiger partial charge >= 0.3 is 18.0 Å². The third kappa shape index (κ3) is 4.89. The Hall–Kier alpha value is -3.43. The lowest BCUT2D eigenvalue weighted by Gasteiger charge is -2.26. The smallest absolute Gasteiger partial charge is 0.342 e. The molecule has 2 rings (SSSR count). The van der Waals surface area contributed by atoms with Crippen molar-refractivity contribution < 1.29 is 38.1 Å². The van der Waals surface area contributed by atoms with Crippen molar-refractivity contribution in [3.63, 3.8) is 0 Å². The molecule has 0 unspecified atom stereocenters. The number of hydrogen-bond acceptors (Lipinski definition) is 8. The van der Waals surface area contributed by atoms with E-state index in [2.05, 4.69) is 10.6 Å². The number of carbonyl (C=O) groups excluding carboxylic acids is 3. The van der Waals surface area contributed by atoms with Crippen LogP contribution in [-0.2, 0) is 14.3 Å². The van der Waals surface area contributed by atoms with E-state index in [9.17, 15) is 14.4 Å². The monoisotopic (exact) mass is 408 g/mol. The Morgan fingerprint density at radius 2 is 1.59 bits per heavy atom. The van der Waals surface area contributed by atoms with Gasteiger partial charge in [-0.2, -0.15) is 0 Å². The summed E-state index contributed by atoms with van der Waals surface area (Å²) >= 11 is 0. The summed E-state index contributed by atoms with van der Waals surface area (Å²) < 4.78 is 25.9. The van der Waals surface area contributed by atoms with Crippen molar-refractivity contribution in [1.29, 1.82) is 0 Å². The molecule has 0 spiro atoms. The summed E-state index contributed by atoms with van der Waals surface area (Å²) in [6.45, 7) is 3.12. The fraction of sp³-hybridized carbons (Fsp3) is 0.421. The van der Waals surface area contributed by atoms with Crippen molar-refractivity contribution in [2.75, 3.05) is 34.5 Å². The van der Waals surface area contributed by atoms with Crippen LogP contribution in [0, 0.1) is 0 Å². The van der Waals surface area contributed by atoms with E-state index in [-0.39, 0.29) is 35.8 Å². The molecule has 0 saturated carbocycles. The van der Waals surface area contributed by atoms with Crippen molar-refractivity contribution in [3.05, 3.63) is 29.0 Å². The second-order valence-corrected chi connectivity index (χ2v) is 5.92. The lowest BCUT2D eigenvalue weighted by molar-refractivity contribution is -0.139. The lowest BCUT2D eigenvalue weighted by atomic mass is 10.0. The quantitative estimate of drug-likeness (QED) is 0.619. The van der Waals surface area contributed by atoms with Gasteiger partial charge < -0.3 is 34.3 Å². The maximum Gasteiger partial charge on any atom is 0.342 e. The van der Waals surface area contributed by atoms with E-state index in [0.717, 1.165) is 0 Å². The second-order valence-electron chi connectivity index (χ2n) is 5.92. The van der Waals surface area contributed by atoms with E-state index in [0.29, 0.717) is 11.5 Å². The van der Waals surface area contributed by atoms with E-state index in [1.54, 1.807) is 13.8 Å². The zero-order valence-electron chi connectivity index (χ0n) is 16.9. The van der Waals surface area contributed by atoms with Crippen LogP contribution in [0.2, 0.25) is 0 Å². The SMILES string of the molecule is CCOC(=O)C1=C(COC(=O)c2cc(OC)c(OC)cc2OC)NC(=O)N[C@@H]1C. The van der Waals surface area contributed by atoms with Gasteiger partial charge in [0.15, 0.2) is 11.5 Å². The third-order valence-electron chi connectivity index (χ3n) is 4.14. The zero-order chi connectivity index (χ0) is 21.6. The van der Waals surface area contributed by atoms with Crippen LogP contribution in [0.1, 0.15) is 24.2 Å². The van der Waals surface area contributed by atoms with Gasteiger partial charge in [-0.05, 0) is 13.8 Å². The summed E-state index contributed by atoms with van der Waals surface area (Å²) in [6, 6.07) is 1.80. The first-order chi connectivity index (χ1) is 13.9. The molecule has 2 N–H and O–H groups in total. The van der Waals surface area contributed by atoms with Crippen molar-refractivity contribution in [1.82, 2.24) is 10.6 Å². The van der Waals surface area contributed by atoms with Gasteiger partial charge in [0.25, 0.3) is 0 Å². The molecule has 0 aromatic heterocycles. The average molecular weight is 408 g/mol. The van der Waals surface area contributed by atoms with Crippen molar-refractivity contribution in [2.24, 2.45) is 0 Å². The number of hydrogen-bond donors (Lipinski definition) is 2. The van der Waals surface area contributed by atoms with Crippen LogP contribution < -0.4 is 24.8 Å². The standard InChI is InChI=1S/C19H24N2O8/c1-6-28-18(23)16-10(2)20-19(24)21-12(16)9-29-17(22)11-7-14(26-4)15(27-5)8-13(11)25-3/h7-8,10H,6,9H2,1-5H3,(H2,20,21,24)/t10-/m1/s1. The van der Waals surface area contributed by atoms with E-state index in [1.807, 2.05) is 0 Å². The Morgan fingerprint density at radius 1 is 0.966 bits per heavy atom. The van der Waals surface area contributed by atoms with Gasteiger partial charge in [0, 0.05) is 12.1 Å². The highest BCUT2D eigenvalue weighted by Gasteiger charge is 2.30. The van der Waals surface area contributed by atoms with Gasteiger partial charge in [-0.15, -0.1) is 0 Å². The molecule has 0 fully saturated rings.